The molecule has 0 spiro atoms. The van der Waals surface area contributed by atoms with Gasteiger partial charge in [0.15, 0.2) is 0 Å². The van der Waals surface area contributed by atoms with Gasteiger partial charge >= 0.3 is 13.8 Å². The zero-order valence-electron chi connectivity index (χ0n) is 25.2. The third-order valence-electron chi connectivity index (χ3n) is 6.06. The maximum absolute atomic E-state index is 12.3. The van der Waals surface area contributed by atoms with E-state index in [0.717, 1.165) is 44.9 Å². The summed E-state index contributed by atoms with van der Waals surface area (Å²) in [7, 11) is 1.66. The van der Waals surface area contributed by atoms with Gasteiger partial charge in [0.2, 0.25) is 0 Å². The quantitative estimate of drug-likeness (QED) is 0.0371. The predicted octanol–water partition coefficient (Wildman–Crippen LogP) is 7.20. The Kier molecular flexibility index (Phi) is 23.6. The van der Waals surface area contributed by atoms with Gasteiger partial charge < -0.3 is 18.9 Å². The van der Waals surface area contributed by atoms with Crippen molar-refractivity contribution in [2.45, 2.75) is 116 Å². The topological polar surface area (TPSA) is 91.3 Å². The highest BCUT2D eigenvalue weighted by Crippen LogP contribution is 2.43. The van der Waals surface area contributed by atoms with Crippen molar-refractivity contribution in [1.29, 1.82) is 0 Å². The lowest BCUT2D eigenvalue weighted by molar-refractivity contribution is -0.870. The lowest BCUT2D eigenvalue weighted by Gasteiger charge is -2.24. The first kappa shape index (κ1) is 37.2. The van der Waals surface area contributed by atoms with Crippen LogP contribution in [0.5, 0.6) is 0 Å². The molecule has 38 heavy (non-hydrogen) atoms. The minimum absolute atomic E-state index is 0.0888. The second-order valence-corrected chi connectivity index (χ2v) is 12.6. The van der Waals surface area contributed by atoms with Gasteiger partial charge in [-0.1, -0.05) is 83.8 Å². The molecule has 0 aromatic heterocycles. The van der Waals surface area contributed by atoms with Gasteiger partial charge in [-0.3, -0.25) is 13.8 Å². The van der Waals surface area contributed by atoms with Crippen molar-refractivity contribution in [1.82, 2.24) is 0 Å². The SMILES string of the molecule is CCC/C=C\CCCCCCCCOCC(COP(=O)(O)OCC[N+](C)(C)C)OC(=O)CCCCCCC. The van der Waals surface area contributed by atoms with E-state index in [4.69, 9.17) is 18.5 Å². The summed E-state index contributed by atoms with van der Waals surface area (Å²) in [5.74, 6) is -0.332. The number of ether oxygens (including phenoxy) is 2. The first-order valence-corrected chi connectivity index (χ1v) is 16.4. The molecular formula is C29H59NO7P+. The second kappa shape index (κ2) is 24.1. The van der Waals surface area contributed by atoms with Gasteiger partial charge in [-0.2, -0.15) is 0 Å². The minimum Gasteiger partial charge on any atom is -0.457 e. The smallest absolute Gasteiger partial charge is 0.457 e. The summed E-state index contributed by atoms with van der Waals surface area (Å²) in [6, 6.07) is 0. The molecule has 0 radical (unpaired) electrons. The van der Waals surface area contributed by atoms with Gasteiger partial charge in [-0.25, -0.2) is 4.57 Å². The van der Waals surface area contributed by atoms with Crippen LogP contribution in [0, 0.1) is 0 Å². The molecule has 0 bridgehead atoms. The largest absolute Gasteiger partial charge is 0.472 e. The summed E-state index contributed by atoms with van der Waals surface area (Å²) >= 11 is 0. The number of carbonyl (C=O) groups is 1. The van der Waals surface area contributed by atoms with Crippen molar-refractivity contribution < 1.29 is 37.3 Å². The average Bonchev–Trinajstić information content (AvgIpc) is 2.84. The van der Waals surface area contributed by atoms with Crippen LogP contribution in [0.1, 0.15) is 110 Å². The van der Waals surface area contributed by atoms with Gasteiger partial charge in [0.1, 0.15) is 19.3 Å². The Morgan fingerprint density at radius 3 is 2.11 bits per heavy atom. The molecule has 0 aliphatic rings. The molecule has 0 aromatic rings. The van der Waals surface area contributed by atoms with Crippen LogP contribution < -0.4 is 0 Å². The van der Waals surface area contributed by atoms with Gasteiger partial charge in [-0.15, -0.1) is 0 Å². The number of hydrogen-bond donors (Lipinski definition) is 1. The van der Waals surface area contributed by atoms with E-state index in [1.165, 1.54) is 44.9 Å². The first-order valence-electron chi connectivity index (χ1n) is 14.9. The number of hydrogen-bond acceptors (Lipinski definition) is 6. The molecule has 0 saturated carbocycles. The number of allylic oxidation sites excluding steroid dienone is 2. The van der Waals surface area contributed by atoms with E-state index in [9.17, 15) is 14.3 Å². The highest BCUT2D eigenvalue weighted by atomic mass is 31.2. The van der Waals surface area contributed by atoms with E-state index >= 15 is 0 Å². The lowest BCUT2D eigenvalue weighted by atomic mass is 10.1. The number of unbranched alkanes of at least 4 members (excludes halogenated alkanes) is 11. The molecule has 0 amide bonds. The molecule has 226 valence electrons. The molecule has 0 aromatic carbocycles. The Bertz CT molecular complexity index is 637. The second-order valence-electron chi connectivity index (χ2n) is 11.1. The average molecular weight is 565 g/mol. The van der Waals surface area contributed by atoms with E-state index in [1.807, 2.05) is 21.1 Å². The molecular weight excluding hydrogens is 505 g/mol. The Morgan fingerprint density at radius 1 is 0.789 bits per heavy atom. The highest BCUT2D eigenvalue weighted by Gasteiger charge is 2.26. The standard InChI is InChI=1S/C29H58NO7P/c1-6-8-10-12-13-14-15-16-17-19-21-24-34-26-28(37-29(31)22-20-18-11-9-7-2)27-36-38(32,33)35-25-23-30(3,4)5/h10,12,28H,6-9,11,13-27H2,1-5H3/p+1/b12-10-. The predicted molar refractivity (Wildman–Crippen MR) is 155 cm³/mol. The molecule has 2 unspecified atom stereocenters. The number of rotatable bonds is 27. The summed E-state index contributed by atoms with van der Waals surface area (Å²) < 4.78 is 34.4. The zero-order valence-corrected chi connectivity index (χ0v) is 26.1. The molecule has 8 nitrogen and oxygen atoms in total. The molecule has 1 N–H and O–H groups in total. The summed E-state index contributed by atoms with van der Waals surface area (Å²) in [6.45, 7) is 5.44. The first-order chi connectivity index (χ1) is 18.1. The van der Waals surface area contributed by atoms with E-state index in [0.29, 0.717) is 24.1 Å². The lowest BCUT2D eigenvalue weighted by Crippen LogP contribution is -2.37. The Hall–Kier alpha value is -0.760. The molecule has 0 heterocycles. The van der Waals surface area contributed by atoms with Crippen LogP contribution in [0.2, 0.25) is 0 Å². The van der Waals surface area contributed by atoms with Crippen LogP contribution in [0.15, 0.2) is 12.2 Å². The van der Waals surface area contributed by atoms with Crippen LogP contribution in [0.25, 0.3) is 0 Å². The summed E-state index contributed by atoms with van der Waals surface area (Å²) in [5, 5.41) is 0. The van der Waals surface area contributed by atoms with Crippen molar-refractivity contribution in [3.8, 4) is 0 Å². The molecule has 0 rings (SSSR count). The number of carbonyl (C=O) groups excluding carboxylic acids is 1. The van der Waals surface area contributed by atoms with Crippen LogP contribution in [-0.2, 0) is 27.9 Å². The molecule has 0 fully saturated rings. The number of quaternary nitrogens is 1. The van der Waals surface area contributed by atoms with Crippen LogP contribution in [0.4, 0.5) is 0 Å². The van der Waals surface area contributed by atoms with Gasteiger partial charge in [0, 0.05) is 13.0 Å². The van der Waals surface area contributed by atoms with Gasteiger partial charge in [-0.05, 0) is 32.1 Å². The van der Waals surface area contributed by atoms with Crippen LogP contribution in [0.3, 0.4) is 0 Å². The summed E-state index contributed by atoms with van der Waals surface area (Å²) in [5.41, 5.74) is 0. The Balaban J connectivity index is 4.33. The van der Waals surface area contributed by atoms with Crippen molar-refractivity contribution in [3.63, 3.8) is 0 Å². The highest BCUT2D eigenvalue weighted by molar-refractivity contribution is 7.47. The molecule has 0 aliphatic heterocycles. The van der Waals surface area contributed by atoms with Gasteiger partial charge in [0.25, 0.3) is 0 Å². The Morgan fingerprint density at radius 2 is 1.42 bits per heavy atom. The molecule has 9 heteroatoms. The minimum atomic E-state index is -4.24. The van der Waals surface area contributed by atoms with Crippen molar-refractivity contribution in [2.75, 3.05) is 54.1 Å². The molecule has 0 saturated heterocycles. The third kappa shape index (κ3) is 26.8. The number of phosphoric ester groups is 1. The number of esters is 1. The third-order valence-corrected chi connectivity index (χ3v) is 7.04. The number of nitrogens with zero attached hydrogens (tertiary/aromatic N) is 1. The van der Waals surface area contributed by atoms with E-state index in [-0.39, 0.29) is 25.8 Å². The molecule has 2 atom stereocenters. The maximum Gasteiger partial charge on any atom is 0.472 e. The normalized spacial score (nSPS) is 14.6. The Labute approximate surface area is 233 Å². The van der Waals surface area contributed by atoms with E-state index in [1.54, 1.807) is 0 Å². The van der Waals surface area contributed by atoms with Crippen molar-refractivity contribution >= 4 is 13.8 Å². The summed E-state index contributed by atoms with van der Waals surface area (Å²) in [6.07, 6.45) is 19.8. The van der Waals surface area contributed by atoms with Crippen LogP contribution in [-0.4, -0.2) is 75.6 Å². The fraction of sp³-hybridized carbons (Fsp3) is 0.897. The van der Waals surface area contributed by atoms with Crippen molar-refractivity contribution in [2.24, 2.45) is 0 Å². The van der Waals surface area contributed by atoms with Gasteiger partial charge in [0.05, 0.1) is 34.4 Å². The molecule has 0 aliphatic carbocycles. The van der Waals surface area contributed by atoms with E-state index < -0.39 is 13.9 Å². The monoisotopic (exact) mass is 564 g/mol. The van der Waals surface area contributed by atoms with Crippen molar-refractivity contribution in [3.05, 3.63) is 12.2 Å². The number of likely N-dealkylation sites (N-methyl/N-ethyl adjacent to an activating group) is 1. The number of phosphoric acid groups is 1. The van der Waals surface area contributed by atoms with Crippen LogP contribution >= 0.6 is 7.82 Å². The fourth-order valence-electron chi connectivity index (χ4n) is 3.67. The summed E-state index contributed by atoms with van der Waals surface area (Å²) in [4.78, 5) is 22.3. The maximum atomic E-state index is 12.3. The zero-order chi connectivity index (χ0) is 28.5. The fourth-order valence-corrected chi connectivity index (χ4v) is 4.41. The van der Waals surface area contributed by atoms with E-state index in [2.05, 4.69) is 26.0 Å².